The lowest BCUT2D eigenvalue weighted by atomic mass is 10.1. The third-order valence-corrected chi connectivity index (χ3v) is 1.58. The summed E-state index contributed by atoms with van der Waals surface area (Å²) in [6, 6.07) is 6.91. The van der Waals surface area contributed by atoms with E-state index in [0.717, 1.165) is 5.56 Å². The summed E-state index contributed by atoms with van der Waals surface area (Å²) < 4.78 is 23.8. The highest BCUT2D eigenvalue weighted by Gasteiger charge is 2.01. The maximum absolute atomic E-state index is 11.9. The van der Waals surface area contributed by atoms with Crippen molar-refractivity contribution in [2.75, 3.05) is 5.32 Å². The zero-order chi connectivity index (χ0) is 9.68. The molecule has 0 aromatic heterocycles. The van der Waals surface area contributed by atoms with E-state index in [-0.39, 0.29) is 0 Å². The molecule has 0 unspecified atom stereocenters. The van der Waals surface area contributed by atoms with E-state index in [2.05, 4.69) is 6.58 Å². The van der Waals surface area contributed by atoms with Gasteiger partial charge in [-0.25, -0.2) is 0 Å². The zero-order valence-electron chi connectivity index (χ0n) is 7.13. The number of hydrogen-bond acceptors (Lipinski definition) is 1. The van der Waals surface area contributed by atoms with Crippen molar-refractivity contribution in [2.45, 2.75) is 13.0 Å². The Hall–Kier alpha value is -1.38. The monoisotopic (exact) mass is 183 g/mol. The van der Waals surface area contributed by atoms with Gasteiger partial charge in [0.05, 0.1) is 0 Å². The van der Waals surface area contributed by atoms with Crippen LogP contribution in [0.25, 0.3) is 0 Å². The summed E-state index contributed by atoms with van der Waals surface area (Å²) in [5, 5.41) is 2.04. The van der Waals surface area contributed by atoms with E-state index in [0.29, 0.717) is 12.1 Å². The fourth-order valence-electron chi connectivity index (χ4n) is 1.08. The Labute approximate surface area is 76.1 Å². The molecule has 0 amide bonds. The van der Waals surface area contributed by atoms with Crippen LogP contribution in [0.15, 0.2) is 36.9 Å². The van der Waals surface area contributed by atoms with E-state index in [9.17, 15) is 8.78 Å². The Bertz CT molecular complexity index is 284. The van der Waals surface area contributed by atoms with Crippen molar-refractivity contribution in [3.05, 3.63) is 42.5 Å². The number of halogens is 2. The Morgan fingerprint density at radius 2 is 2.23 bits per heavy atom. The fraction of sp³-hybridized carbons (Fsp3) is 0.200. The van der Waals surface area contributed by atoms with Crippen LogP contribution < -0.4 is 5.32 Å². The number of allylic oxidation sites excluding steroid dienone is 1. The number of rotatable bonds is 4. The second-order valence-corrected chi connectivity index (χ2v) is 2.64. The predicted octanol–water partition coefficient (Wildman–Crippen LogP) is 3.05. The lowest BCUT2D eigenvalue weighted by molar-refractivity contribution is 0.181. The van der Waals surface area contributed by atoms with Gasteiger partial charge >= 0.3 is 6.55 Å². The first kappa shape index (κ1) is 9.71. The van der Waals surface area contributed by atoms with Crippen molar-refractivity contribution in [2.24, 2.45) is 0 Å². The molecule has 0 aliphatic rings. The Balaban J connectivity index is 2.72. The highest BCUT2D eigenvalue weighted by molar-refractivity contribution is 5.46. The molecule has 0 aliphatic heterocycles. The van der Waals surface area contributed by atoms with E-state index in [4.69, 9.17) is 0 Å². The first-order chi connectivity index (χ1) is 6.22. The van der Waals surface area contributed by atoms with Gasteiger partial charge in [-0.1, -0.05) is 18.2 Å². The van der Waals surface area contributed by atoms with Gasteiger partial charge in [0.25, 0.3) is 0 Å². The van der Waals surface area contributed by atoms with Crippen molar-refractivity contribution < 1.29 is 8.78 Å². The minimum absolute atomic E-state index is 0.439. The van der Waals surface area contributed by atoms with E-state index in [1.807, 2.05) is 11.4 Å². The average Bonchev–Trinajstić information content (AvgIpc) is 2.04. The van der Waals surface area contributed by atoms with Gasteiger partial charge in [0.15, 0.2) is 0 Å². The second kappa shape index (κ2) is 4.60. The third kappa shape index (κ3) is 3.23. The summed E-state index contributed by atoms with van der Waals surface area (Å²) in [5.41, 5.74) is 1.41. The third-order valence-electron chi connectivity index (χ3n) is 1.58. The summed E-state index contributed by atoms with van der Waals surface area (Å²) in [4.78, 5) is 0. The number of nitrogens with one attached hydrogen (secondary N) is 1. The van der Waals surface area contributed by atoms with Gasteiger partial charge in [-0.05, 0) is 24.1 Å². The molecular weight excluding hydrogens is 172 g/mol. The molecule has 0 bridgehead atoms. The fourth-order valence-corrected chi connectivity index (χ4v) is 1.08. The van der Waals surface area contributed by atoms with Gasteiger partial charge in [0, 0.05) is 5.69 Å². The first-order valence-corrected chi connectivity index (χ1v) is 3.97. The molecular formula is C10H11F2N. The minimum Gasteiger partial charge on any atom is -0.330 e. The van der Waals surface area contributed by atoms with E-state index in [1.165, 1.54) is 0 Å². The standard InChI is InChI=1S/C10H11F2N/c1-2-4-8-5-3-6-9(7-8)13-10(11)12/h2-3,5-7,10,13H,1,4H2. The molecule has 0 atom stereocenters. The minimum atomic E-state index is -2.51. The molecule has 70 valence electrons. The molecule has 13 heavy (non-hydrogen) atoms. The Morgan fingerprint density at radius 1 is 1.46 bits per heavy atom. The summed E-state index contributed by atoms with van der Waals surface area (Å²) in [5.74, 6) is 0. The second-order valence-electron chi connectivity index (χ2n) is 2.64. The summed E-state index contributed by atoms with van der Waals surface area (Å²) in [6.07, 6.45) is 2.43. The molecule has 0 heterocycles. The molecule has 0 aliphatic carbocycles. The van der Waals surface area contributed by atoms with Crippen molar-refractivity contribution in [1.29, 1.82) is 0 Å². The molecule has 1 aromatic carbocycles. The van der Waals surface area contributed by atoms with E-state index in [1.54, 1.807) is 24.3 Å². The topological polar surface area (TPSA) is 12.0 Å². The molecule has 0 spiro atoms. The van der Waals surface area contributed by atoms with Crippen LogP contribution in [0, 0.1) is 0 Å². The van der Waals surface area contributed by atoms with Crippen LogP contribution in [-0.2, 0) is 6.42 Å². The molecule has 1 nitrogen and oxygen atoms in total. The summed E-state index contributed by atoms with van der Waals surface area (Å²) in [6.45, 7) is 1.06. The highest BCUT2D eigenvalue weighted by atomic mass is 19.3. The van der Waals surface area contributed by atoms with Crippen LogP contribution in [0.4, 0.5) is 14.5 Å². The van der Waals surface area contributed by atoms with Gasteiger partial charge in [0.2, 0.25) is 0 Å². The van der Waals surface area contributed by atoms with Crippen LogP contribution in [0.1, 0.15) is 5.56 Å². The largest absolute Gasteiger partial charge is 0.330 e. The van der Waals surface area contributed by atoms with Crippen LogP contribution in [0.5, 0.6) is 0 Å². The average molecular weight is 183 g/mol. The molecule has 1 N–H and O–H groups in total. The first-order valence-electron chi connectivity index (χ1n) is 3.97. The molecule has 0 saturated heterocycles. The lowest BCUT2D eigenvalue weighted by Crippen LogP contribution is -2.06. The maximum Gasteiger partial charge on any atom is 0.312 e. The van der Waals surface area contributed by atoms with Crippen molar-refractivity contribution in [3.8, 4) is 0 Å². The van der Waals surface area contributed by atoms with Crippen LogP contribution in [0.3, 0.4) is 0 Å². The van der Waals surface area contributed by atoms with Crippen molar-refractivity contribution >= 4 is 5.69 Å². The van der Waals surface area contributed by atoms with Gasteiger partial charge in [-0.2, -0.15) is 8.78 Å². The normalized spacial score (nSPS) is 10.1. The van der Waals surface area contributed by atoms with Gasteiger partial charge in [-0.15, -0.1) is 6.58 Å². The lowest BCUT2D eigenvalue weighted by Gasteiger charge is -2.05. The number of anilines is 1. The SMILES string of the molecule is C=CCc1cccc(NC(F)F)c1. The Kier molecular flexibility index (Phi) is 3.43. The van der Waals surface area contributed by atoms with Crippen LogP contribution in [-0.4, -0.2) is 6.55 Å². The van der Waals surface area contributed by atoms with Gasteiger partial charge in [0.1, 0.15) is 0 Å². The zero-order valence-corrected chi connectivity index (χ0v) is 7.13. The quantitative estimate of drug-likeness (QED) is 0.558. The van der Waals surface area contributed by atoms with Gasteiger partial charge < -0.3 is 5.32 Å². The van der Waals surface area contributed by atoms with Crippen LogP contribution >= 0.6 is 0 Å². The molecule has 0 fully saturated rings. The van der Waals surface area contributed by atoms with Crippen molar-refractivity contribution in [3.63, 3.8) is 0 Å². The summed E-state index contributed by atoms with van der Waals surface area (Å²) >= 11 is 0. The molecule has 1 aromatic rings. The summed E-state index contributed by atoms with van der Waals surface area (Å²) in [7, 11) is 0. The maximum atomic E-state index is 11.9. The smallest absolute Gasteiger partial charge is 0.312 e. The Morgan fingerprint density at radius 3 is 2.85 bits per heavy atom. The highest BCUT2D eigenvalue weighted by Crippen LogP contribution is 2.13. The van der Waals surface area contributed by atoms with Crippen LogP contribution in [0.2, 0.25) is 0 Å². The van der Waals surface area contributed by atoms with Gasteiger partial charge in [-0.3, -0.25) is 0 Å². The van der Waals surface area contributed by atoms with Crippen molar-refractivity contribution in [1.82, 2.24) is 0 Å². The number of benzene rings is 1. The van der Waals surface area contributed by atoms with E-state index >= 15 is 0 Å². The molecule has 1 rings (SSSR count). The molecule has 3 heteroatoms. The number of hydrogen-bond donors (Lipinski definition) is 1. The molecule has 0 saturated carbocycles. The van der Waals surface area contributed by atoms with E-state index < -0.39 is 6.55 Å². The predicted molar refractivity (Wildman–Crippen MR) is 50.0 cm³/mol. The molecule has 0 radical (unpaired) electrons. The number of alkyl halides is 2.